The second kappa shape index (κ2) is 6.64. The van der Waals surface area contributed by atoms with Crippen LogP contribution in [-0.4, -0.2) is 46.4 Å². The Labute approximate surface area is 116 Å². The molecule has 0 aromatic carbocycles. The fourth-order valence-electron chi connectivity index (χ4n) is 1.69. The average Bonchev–Trinajstić information content (AvgIpc) is 3.06. The maximum atomic E-state index is 12.0. The highest BCUT2D eigenvalue weighted by molar-refractivity contribution is 7.89. The molecular weight excluding hydrogens is 282 g/mol. The molecule has 2 heterocycles. The van der Waals surface area contributed by atoms with Crippen molar-refractivity contribution in [3.05, 3.63) is 30.6 Å². The zero-order valence-electron chi connectivity index (χ0n) is 10.9. The molecule has 9 heteroatoms. The van der Waals surface area contributed by atoms with Gasteiger partial charge in [-0.15, -0.1) is 0 Å². The Balaban J connectivity index is 1.83. The summed E-state index contributed by atoms with van der Waals surface area (Å²) in [5.41, 5.74) is 0. The van der Waals surface area contributed by atoms with Gasteiger partial charge in [0.15, 0.2) is 0 Å². The third-order valence-electron chi connectivity index (χ3n) is 2.69. The number of H-pyrrole nitrogens is 1. The van der Waals surface area contributed by atoms with Crippen LogP contribution in [0.25, 0.3) is 0 Å². The van der Waals surface area contributed by atoms with Crippen molar-refractivity contribution in [2.45, 2.75) is 24.3 Å². The van der Waals surface area contributed by atoms with E-state index in [4.69, 9.17) is 5.11 Å². The summed E-state index contributed by atoms with van der Waals surface area (Å²) in [6.45, 7) is 0.514. The van der Waals surface area contributed by atoms with Crippen molar-refractivity contribution in [3.8, 4) is 0 Å². The molecule has 0 unspecified atom stereocenters. The summed E-state index contributed by atoms with van der Waals surface area (Å²) >= 11 is 0. The van der Waals surface area contributed by atoms with Crippen molar-refractivity contribution in [1.29, 1.82) is 0 Å². The van der Waals surface area contributed by atoms with Gasteiger partial charge in [-0.05, 0) is 6.42 Å². The number of sulfonamides is 1. The lowest BCUT2D eigenvalue weighted by Gasteiger charge is -2.03. The highest BCUT2D eigenvalue weighted by Gasteiger charge is 2.15. The predicted molar refractivity (Wildman–Crippen MR) is 71.4 cm³/mol. The predicted octanol–water partition coefficient (Wildman–Crippen LogP) is -0.490. The minimum Gasteiger partial charge on any atom is -0.394 e. The Morgan fingerprint density at radius 2 is 2.30 bits per heavy atom. The number of nitrogens with one attached hydrogen (secondary N) is 2. The van der Waals surface area contributed by atoms with E-state index in [1.807, 2.05) is 0 Å². The van der Waals surface area contributed by atoms with Gasteiger partial charge in [-0.1, -0.05) is 0 Å². The Morgan fingerprint density at radius 1 is 1.45 bits per heavy atom. The average molecular weight is 299 g/mol. The first-order valence-electron chi connectivity index (χ1n) is 6.23. The van der Waals surface area contributed by atoms with Crippen LogP contribution >= 0.6 is 0 Å². The van der Waals surface area contributed by atoms with Gasteiger partial charge in [0.2, 0.25) is 10.0 Å². The summed E-state index contributed by atoms with van der Waals surface area (Å²) in [7, 11) is -3.54. The molecule has 2 rings (SSSR count). The molecule has 0 amide bonds. The number of aromatic amines is 1. The number of hydrogen-bond donors (Lipinski definition) is 3. The molecule has 2 aromatic heterocycles. The number of hydrogen-bond acceptors (Lipinski definition) is 5. The number of aryl methyl sites for hydroxylation is 1. The maximum absolute atomic E-state index is 12.0. The first-order valence-corrected chi connectivity index (χ1v) is 7.71. The molecule has 0 atom stereocenters. The molecule has 0 aliphatic carbocycles. The van der Waals surface area contributed by atoms with E-state index in [0.29, 0.717) is 19.4 Å². The standard InChI is InChI=1S/C11H17N5O3S/c17-7-6-16-9-10(8-14-16)20(18,19)15-3-1-2-11-12-4-5-13-11/h4-5,8-9,15,17H,1-3,6-7H2,(H,12,13). The fourth-order valence-corrected chi connectivity index (χ4v) is 2.71. The summed E-state index contributed by atoms with van der Waals surface area (Å²) < 4.78 is 27.8. The summed E-state index contributed by atoms with van der Waals surface area (Å²) in [5.74, 6) is 0.833. The third kappa shape index (κ3) is 3.89. The highest BCUT2D eigenvalue weighted by atomic mass is 32.2. The van der Waals surface area contributed by atoms with E-state index in [-0.39, 0.29) is 18.0 Å². The van der Waals surface area contributed by atoms with Gasteiger partial charge in [-0.2, -0.15) is 5.10 Å². The van der Waals surface area contributed by atoms with Crippen LogP contribution in [0.2, 0.25) is 0 Å². The van der Waals surface area contributed by atoms with Crippen molar-refractivity contribution in [3.63, 3.8) is 0 Å². The van der Waals surface area contributed by atoms with Crippen LogP contribution in [0.4, 0.5) is 0 Å². The van der Waals surface area contributed by atoms with Crippen LogP contribution < -0.4 is 4.72 Å². The number of aliphatic hydroxyl groups is 1. The van der Waals surface area contributed by atoms with Crippen LogP contribution in [-0.2, 0) is 23.0 Å². The molecule has 0 fully saturated rings. The lowest BCUT2D eigenvalue weighted by atomic mass is 10.3. The summed E-state index contributed by atoms with van der Waals surface area (Å²) in [5, 5.41) is 12.6. The van der Waals surface area contributed by atoms with Gasteiger partial charge in [-0.25, -0.2) is 18.1 Å². The quantitative estimate of drug-likeness (QED) is 0.569. The zero-order chi connectivity index (χ0) is 14.4. The minimum absolute atomic E-state index is 0.0856. The minimum atomic E-state index is -3.54. The molecule has 0 spiro atoms. The Morgan fingerprint density at radius 3 is 3.00 bits per heavy atom. The van der Waals surface area contributed by atoms with Crippen LogP contribution in [0.5, 0.6) is 0 Å². The number of imidazole rings is 1. The molecule has 3 N–H and O–H groups in total. The van der Waals surface area contributed by atoms with Gasteiger partial charge >= 0.3 is 0 Å². The lowest BCUT2D eigenvalue weighted by Crippen LogP contribution is -2.25. The van der Waals surface area contributed by atoms with Gasteiger partial charge in [0.1, 0.15) is 10.7 Å². The first-order chi connectivity index (χ1) is 9.62. The first kappa shape index (κ1) is 14.7. The number of nitrogens with zero attached hydrogens (tertiary/aromatic N) is 3. The van der Waals surface area contributed by atoms with Crippen molar-refractivity contribution in [2.24, 2.45) is 0 Å². The van der Waals surface area contributed by atoms with Gasteiger partial charge in [-0.3, -0.25) is 4.68 Å². The molecule has 2 aromatic rings. The Bertz CT molecular complexity index is 620. The SMILES string of the molecule is O=S(=O)(NCCCc1ncc[nH]1)c1cnn(CCO)c1. The second-order valence-electron chi connectivity index (χ2n) is 4.20. The van der Waals surface area contributed by atoms with Crippen molar-refractivity contribution >= 4 is 10.0 Å². The second-order valence-corrected chi connectivity index (χ2v) is 5.97. The molecule has 110 valence electrons. The van der Waals surface area contributed by atoms with Crippen LogP contribution in [0.3, 0.4) is 0 Å². The topological polar surface area (TPSA) is 113 Å². The molecule has 20 heavy (non-hydrogen) atoms. The monoisotopic (exact) mass is 299 g/mol. The van der Waals surface area contributed by atoms with E-state index < -0.39 is 10.0 Å². The zero-order valence-corrected chi connectivity index (χ0v) is 11.7. The van der Waals surface area contributed by atoms with Crippen LogP contribution in [0.1, 0.15) is 12.2 Å². The maximum Gasteiger partial charge on any atom is 0.243 e. The van der Waals surface area contributed by atoms with Crippen LogP contribution in [0.15, 0.2) is 29.7 Å². The fraction of sp³-hybridized carbons (Fsp3) is 0.455. The smallest absolute Gasteiger partial charge is 0.243 e. The molecule has 8 nitrogen and oxygen atoms in total. The lowest BCUT2D eigenvalue weighted by molar-refractivity contribution is 0.269. The van der Waals surface area contributed by atoms with Crippen molar-refractivity contribution in [2.75, 3.05) is 13.2 Å². The van der Waals surface area contributed by atoms with E-state index in [0.717, 1.165) is 5.82 Å². The molecule has 0 bridgehead atoms. The Kier molecular flexibility index (Phi) is 4.88. The van der Waals surface area contributed by atoms with Crippen molar-refractivity contribution < 1.29 is 13.5 Å². The summed E-state index contributed by atoms with van der Waals surface area (Å²) in [6, 6.07) is 0. The summed E-state index contributed by atoms with van der Waals surface area (Å²) in [4.78, 5) is 7.12. The van der Waals surface area contributed by atoms with E-state index in [2.05, 4.69) is 19.8 Å². The van der Waals surface area contributed by atoms with E-state index >= 15 is 0 Å². The largest absolute Gasteiger partial charge is 0.394 e. The van der Waals surface area contributed by atoms with E-state index in [9.17, 15) is 8.42 Å². The van der Waals surface area contributed by atoms with Gasteiger partial charge in [0.05, 0.1) is 19.3 Å². The molecule has 0 saturated carbocycles. The molecule has 0 radical (unpaired) electrons. The van der Waals surface area contributed by atoms with Gasteiger partial charge < -0.3 is 10.1 Å². The Hall–Kier alpha value is -1.71. The van der Waals surface area contributed by atoms with Gasteiger partial charge in [0, 0.05) is 31.6 Å². The van der Waals surface area contributed by atoms with Crippen molar-refractivity contribution in [1.82, 2.24) is 24.5 Å². The normalized spacial score (nSPS) is 11.8. The molecule has 0 saturated heterocycles. The molecule has 0 aliphatic rings. The number of aliphatic hydroxyl groups excluding tert-OH is 1. The van der Waals surface area contributed by atoms with E-state index in [1.165, 1.54) is 17.1 Å². The number of rotatable bonds is 8. The summed E-state index contributed by atoms with van der Waals surface area (Å²) in [6.07, 6.45) is 7.39. The third-order valence-corrected chi connectivity index (χ3v) is 4.10. The highest BCUT2D eigenvalue weighted by Crippen LogP contribution is 2.06. The van der Waals surface area contributed by atoms with Crippen LogP contribution in [0, 0.1) is 0 Å². The molecular formula is C11H17N5O3S. The molecule has 0 aliphatic heterocycles. The van der Waals surface area contributed by atoms with Gasteiger partial charge in [0.25, 0.3) is 0 Å². The number of aromatic nitrogens is 4. The van der Waals surface area contributed by atoms with E-state index in [1.54, 1.807) is 12.4 Å².